The average Bonchev–Trinajstić information content (AvgIpc) is 3.29. The standard InChI is InChI=1S/C22H25N5O2/c1-26(2)18-7-5-17(6-8-18)23-22(28)16-11-13-27(14-12-16)21-10-9-19(24-25-21)20-4-3-15-29-20/h3-10,15-16H,11-14H2,1-2H3,(H,23,28). The highest BCUT2D eigenvalue weighted by atomic mass is 16.3. The number of hydrogen-bond acceptors (Lipinski definition) is 6. The fourth-order valence-electron chi connectivity index (χ4n) is 3.51. The highest BCUT2D eigenvalue weighted by molar-refractivity contribution is 5.92. The molecule has 0 saturated carbocycles. The van der Waals surface area contributed by atoms with Crippen molar-refractivity contribution in [1.29, 1.82) is 0 Å². The SMILES string of the molecule is CN(C)c1ccc(NC(=O)C2CCN(c3ccc(-c4ccco4)nn3)CC2)cc1. The van der Waals surface area contributed by atoms with E-state index >= 15 is 0 Å². The number of piperidine rings is 1. The van der Waals surface area contributed by atoms with Gasteiger partial charge in [-0.05, 0) is 61.4 Å². The van der Waals surface area contributed by atoms with Crippen molar-refractivity contribution in [3.8, 4) is 11.5 Å². The number of nitrogens with zero attached hydrogens (tertiary/aromatic N) is 4. The van der Waals surface area contributed by atoms with E-state index in [1.807, 2.05) is 67.5 Å². The van der Waals surface area contributed by atoms with Crippen molar-refractivity contribution in [2.24, 2.45) is 5.92 Å². The molecule has 0 atom stereocenters. The summed E-state index contributed by atoms with van der Waals surface area (Å²) in [5, 5.41) is 11.6. The highest BCUT2D eigenvalue weighted by Gasteiger charge is 2.26. The Balaban J connectivity index is 1.31. The quantitative estimate of drug-likeness (QED) is 0.715. The van der Waals surface area contributed by atoms with Crippen molar-refractivity contribution in [1.82, 2.24) is 10.2 Å². The van der Waals surface area contributed by atoms with Crippen molar-refractivity contribution in [2.45, 2.75) is 12.8 Å². The number of hydrogen-bond donors (Lipinski definition) is 1. The molecule has 0 spiro atoms. The van der Waals surface area contributed by atoms with Crippen LogP contribution in [0, 0.1) is 5.92 Å². The number of nitrogens with one attached hydrogen (secondary N) is 1. The van der Waals surface area contributed by atoms with E-state index in [-0.39, 0.29) is 11.8 Å². The zero-order chi connectivity index (χ0) is 20.2. The second-order valence-corrected chi connectivity index (χ2v) is 7.45. The second-order valence-electron chi connectivity index (χ2n) is 7.45. The third-order valence-electron chi connectivity index (χ3n) is 5.27. The van der Waals surface area contributed by atoms with Crippen molar-refractivity contribution in [3.05, 3.63) is 54.8 Å². The molecule has 1 aliphatic heterocycles. The summed E-state index contributed by atoms with van der Waals surface area (Å²) >= 11 is 0. The number of rotatable bonds is 5. The molecular weight excluding hydrogens is 366 g/mol. The van der Waals surface area contributed by atoms with Crippen LogP contribution in [-0.4, -0.2) is 43.3 Å². The van der Waals surface area contributed by atoms with Crippen molar-refractivity contribution in [2.75, 3.05) is 42.3 Å². The summed E-state index contributed by atoms with van der Waals surface area (Å²) in [6.07, 6.45) is 3.21. The van der Waals surface area contributed by atoms with Crippen molar-refractivity contribution >= 4 is 23.1 Å². The van der Waals surface area contributed by atoms with Crippen LogP contribution >= 0.6 is 0 Å². The second kappa shape index (κ2) is 8.34. The van der Waals surface area contributed by atoms with Gasteiger partial charge in [-0.25, -0.2) is 0 Å². The molecule has 1 fully saturated rings. The van der Waals surface area contributed by atoms with E-state index in [2.05, 4.69) is 20.4 Å². The van der Waals surface area contributed by atoms with Crippen LogP contribution in [0.15, 0.2) is 59.2 Å². The molecule has 2 aromatic heterocycles. The van der Waals surface area contributed by atoms with Gasteiger partial charge in [-0.1, -0.05) is 0 Å². The largest absolute Gasteiger partial charge is 0.463 e. The topological polar surface area (TPSA) is 74.5 Å². The number of amides is 1. The predicted octanol–water partition coefficient (Wildman–Crippen LogP) is 3.66. The first kappa shape index (κ1) is 19.0. The fraction of sp³-hybridized carbons (Fsp3) is 0.318. The molecule has 0 aliphatic carbocycles. The summed E-state index contributed by atoms with van der Waals surface area (Å²) in [6.45, 7) is 1.57. The van der Waals surface area contributed by atoms with Crippen LogP contribution in [0.25, 0.3) is 11.5 Å². The van der Waals surface area contributed by atoms with Gasteiger partial charge in [0.15, 0.2) is 11.6 Å². The molecule has 1 aliphatic rings. The average molecular weight is 391 g/mol. The van der Waals surface area contributed by atoms with Gasteiger partial charge in [-0.2, -0.15) is 0 Å². The van der Waals surface area contributed by atoms with E-state index in [4.69, 9.17) is 4.42 Å². The third-order valence-corrected chi connectivity index (χ3v) is 5.27. The maximum Gasteiger partial charge on any atom is 0.227 e. The van der Waals surface area contributed by atoms with E-state index < -0.39 is 0 Å². The van der Waals surface area contributed by atoms with E-state index in [9.17, 15) is 4.79 Å². The lowest BCUT2D eigenvalue weighted by Gasteiger charge is -2.31. The van der Waals surface area contributed by atoms with Gasteiger partial charge < -0.3 is 19.5 Å². The minimum absolute atomic E-state index is 0.00938. The maximum atomic E-state index is 12.6. The lowest BCUT2D eigenvalue weighted by atomic mass is 9.96. The molecule has 1 N–H and O–H groups in total. The number of anilines is 3. The molecule has 3 heterocycles. The molecule has 0 bridgehead atoms. The van der Waals surface area contributed by atoms with Crippen LogP contribution < -0.4 is 15.1 Å². The first-order chi connectivity index (χ1) is 14.1. The first-order valence-corrected chi connectivity index (χ1v) is 9.81. The Bertz CT molecular complexity index is 928. The third kappa shape index (κ3) is 4.39. The van der Waals surface area contributed by atoms with Gasteiger partial charge in [0.2, 0.25) is 5.91 Å². The number of carbonyl (C=O) groups is 1. The minimum Gasteiger partial charge on any atom is -0.463 e. The lowest BCUT2D eigenvalue weighted by Crippen LogP contribution is -2.38. The highest BCUT2D eigenvalue weighted by Crippen LogP contribution is 2.25. The molecule has 0 unspecified atom stereocenters. The Kier molecular flexibility index (Phi) is 5.46. The molecule has 7 heteroatoms. The Morgan fingerprint density at radius 1 is 1.07 bits per heavy atom. The minimum atomic E-state index is 0.00938. The smallest absolute Gasteiger partial charge is 0.227 e. The van der Waals surface area contributed by atoms with E-state index in [1.54, 1.807) is 6.26 Å². The lowest BCUT2D eigenvalue weighted by molar-refractivity contribution is -0.120. The van der Waals surface area contributed by atoms with Gasteiger partial charge in [-0.3, -0.25) is 4.79 Å². The molecule has 1 amide bonds. The summed E-state index contributed by atoms with van der Waals surface area (Å²) in [4.78, 5) is 16.8. The fourth-order valence-corrected chi connectivity index (χ4v) is 3.51. The van der Waals surface area contributed by atoms with Gasteiger partial charge in [0.1, 0.15) is 5.69 Å². The van der Waals surface area contributed by atoms with Crippen molar-refractivity contribution < 1.29 is 9.21 Å². The molecule has 1 saturated heterocycles. The summed E-state index contributed by atoms with van der Waals surface area (Å²) in [7, 11) is 3.99. The van der Waals surface area contributed by atoms with E-state index in [1.165, 1.54) is 0 Å². The molecule has 7 nitrogen and oxygen atoms in total. The Morgan fingerprint density at radius 2 is 1.83 bits per heavy atom. The van der Waals surface area contributed by atoms with Gasteiger partial charge in [0, 0.05) is 44.5 Å². The predicted molar refractivity (Wildman–Crippen MR) is 114 cm³/mol. The molecule has 4 rings (SSSR count). The number of furan rings is 1. The van der Waals surface area contributed by atoms with E-state index in [0.29, 0.717) is 11.5 Å². The van der Waals surface area contributed by atoms with Crippen LogP contribution in [0.2, 0.25) is 0 Å². The summed E-state index contributed by atoms with van der Waals surface area (Å²) in [6, 6.07) is 15.5. The summed E-state index contributed by atoms with van der Waals surface area (Å²) in [5.41, 5.74) is 2.66. The van der Waals surface area contributed by atoms with Crippen LogP contribution in [0.4, 0.5) is 17.2 Å². The van der Waals surface area contributed by atoms with Gasteiger partial charge in [-0.15, -0.1) is 10.2 Å². The normalized spacial score (nSPS) is 14.6. The maximum absolute atomic E-state index is 12.6. The zero-order valence-electron chi connectivity index (χ0n) is 16.7. The van der Waals surface area contributed by atoms with E-state index in [0.717, 1.165) is 43.1 Å². The number of benzene rings is 1. The van der Waals surface area contributed by atoms with Crippen molar-refractivity contribution in [3.63, 3.8) is 0 Å². The summed E-state index contributed by atoms with van der Waals surface area (Å²) < 4.78 is 5.35. The number of carbonyl (C=O) groups excluding carboxylic acids is 1. The number of aromatic nitrogens is 2. The first-order valence-electron chi connectivity index (χ1n) is 9.81. The van der Waals surface area contributed by atoms with Crippen LogP contribution in [0.3, 0.4) is 0 Å². The molecule has 0 radical (unpaired) electrons. The Hall–Kier alpha value is -3.35. The van der Waals surface area contributed by atoms with Crippen LogP contribution in [0.5, 0.6) is 0 Å². The molecular formula is C22H25N5O2. The van der Waals surface area contributed by atoms with Gasteiger partial charge in [0.05, 0.1) is 6.26 Å². The van der Waals surface area contributed by atoms with Gasteiger partial charge >= 0.3 is 0 Å². The zero-order valence-corrected chi connectivity index (χ0v) is 16.7. The van der Waals surface area contributed by atoms with Crippen LogP contribution in [0.1, 0.15) is 12.8 Å². The van der Waals surface area contributed by atoms with Gasteiger partial charge in [0.25, 0.3) is 0 Å². The molecule has 150 valence electrons. The van der Waals surface area contributed by atoms with Crippen LogP contribution in [-0.2, 0) is 4.79 Å². The monoisotopic (exact) mass is 391 g/mol. The summed E-state index contributed by atoms with van der Waals surface area (Å²) in [5.74, 6) is 1.63. The molecule has 3 aromatic rings. The Morgan fingerprint density at radius 3 is 2.41 bits per heavy atom. The molecule has 29 heavy (non-hydrogen) atoms. The molecule has 1 aromatic carbocycles. The Labute approximate surface area is 170 Å².